The minimum absolute atomic E-state index is 0.168. The van der Waals surface area contributed by atoms with Gasteiger partial charge < -0.3 is 9.84 Å². The molecular weight excluding hydrogens is 414 g/mol. The molecule has 1 fully saturated rings. The summed E-state index contributed by atoms with van der Waals surface area (Å²) in [7, 11) is 0. The van der Waals surface area contributed by atoms with Crippen molar-refractivity contribution in [3.8, 4) is 5.75 Å². The van der Waals surface area contributed by atoms with Gasteiger partial charge in [-0.15, -0.1) is 0 Å². The number of benzene rings is 1. The van der Waals surface area contributed by atoms with Crippen LogP contribution in [0.25, 0.3) is 6.08 Å². The number of nitrogens with zero attached hydrogens (tertiary/aromatic N) is 2. The standard InChI is InChI=1S/C19H15N3O5S2/c1-11(18(25)26)27-14-5-3-2-4-13(14)10-15-17(24)22(19(28)29-15)21-16(23)12-6-8-20-9-7-12/h2-11H,1H3,(H,21,23)(H,25,26)/b15-10+. The second-order valence-electron chi connectivity index (χ2n) is 5.83. The van der Waals surface area contributed by atoms with Crippen LogP contribution < -0.4 is 10.2 Å². The quantitative estimate of drug-likeness (QED) is 0.533. The van der Waals surface area contributed by atoms with Crippen LogP contribution in [0, 0.1) is 0 Å². The minimum Gasteiger partial charge on any atom is -0.479 e. The predicted molar refractivity (Wildman–Crippen MR) is 111 cm³/mol. The van der Waals surface area contributed by atoms with E-state index in [0.29, 0.717) is 16.9 Å². The lowest BCUT2D eigenvalue weighted by atomic mass is 10.2. The number of thiocarbonyl (C=S) groups is 1. The minimum atomic E-state index is -1.11. The fourth-order valence-corrected chi connectivity index (χ4v) is 3.49. The first-order valence-corrected chi connectivity index (χ1v) is 9.56. The van der Waals surface area contributed by atoms with Crippen LogP contribution in [0.15, 0.2) is 53.7 Å². The van der Waals surface area contributed by atoms with E-state index in [-0.39, 0.29) is 9.23 Å². The number of hydrazine groups is 1. The van der Waals surface area contributed by atoms with Crippen LogP contribution in [0.1, 0.15) is 22.8 Å². The highest BCUT2D eigenvalue weighted by molar-refractivity contribution is 8.26. The molecular formula is C19H15N3O5S2. The van der Waals surface area contributed by atoms with Gasteiger partial charge in [-0.1, -0.05) is 30.0 Å². The van der Waals surface area contributed by atoms with Crippen LogP contribution in [0.4, 0.5) is 0 Å². The first kappa shape index (κ1) is 20.5. The maximum Gasteiger partial charge on any atom is 0.344 e. The molecule has 1 unspecified atom stereocenters. The van der Waals surface area contributed by atoms with Crippen molar-refractivity contribution in [2.75, 3.05) is 0 Å². The molecule has 148 valence electrons. The van der Waals surface area contributed by atoms with Crippen LogP contribution in [0.5, 0.6) is 5.75 Å². The number of rotatable bonds is 6. The molecule has 1 aliphatic rings. The van der Waals surface area contributed by atoms with Crippen LogP contribution in [-0.2, 0) is 9.59 Å². The van der Waals surface area contributed by atoms with Crippen LogP contribution >= 0.6 is 24.0 Å². The summed E-state index contributed by atoms with van der Waals surface area (Å²) in [6, 6.07) is 9.75. The number of nitrogens with one attached hydrogen (secondary N) is 1. The van der Waals surface area contributed by atoms with Gasteiger partial charge in [-0.3, -0.25) is 20.0 Å². The van der Waals surface area contributed by atoms with E-state index >= 15 is 0 Å². The Labute approximate surface area is 175 Å². The number of carboxylic acids is 1. The molecule has 1 aliphatic heterocycles. The normalized spacial score (nSPS) is 16.0. The van der Waals surface area contributed by atoms with Crippen LogP contribution in [0.2, 0.25) is 0 Å². The zero-order valence-electron chi connectivity index (χ0n) is 15.1. The average molecular weight is 429 g/mol. The number of carboxylic acid groups (broad SMARTS) is 1. The Morgan fingerprint density at radius 2 is 1.97 bits per heavy atom. The first-order valence-electron chi connectivity index (χ1n) is 8.34. The van der Waals surface area contributed by atoms with Gasteiger partial charge in [0.05, 0.1) is 4.91 Å². The van der Waals surface area contributed by atoms with Gasteiger partial charge in [0.1, 0.15) is 5.75 Å². The summed E-state index contributed by atoms with van der Waals surface area (Å²) in [6.07, 6.45) is 3.42. The first-order chi connectivity index (χ1) is 13.9. The van der Waals surface area contributed by atoms with Gasteiger partial charge in [0.25, 0.3) is 11.8 Å². The van der Waals surface area contributed by atoms with Gasteiger partial charge in [-0.25, -0.2) is 4.79 Å². The summed E-state index contributed by atoms with van der Waals surface area (Å²) in [5.41, 5.74) is 3.33. The van der Waals surface area contributed by atoms with Crippen molar-refractivity contribution in [1.29, 1.82) is 0 Å². The molecule has 2 N–H and O–H groups in total. The summed E-state index contributed by atoms with van der Waals surface area (Å²) in [4.78, 5) is 40.2. The third kappa shape index (κ3) is 4.79. The molecule has 1 atom stereocenters. The number of thioether (sulfide) groups is 1. The van der Waals surface area contributed by atoms with E-state index in [1.807, 2.05) is 0 Å². The number of hydrogen-bond donors (Lipinski definition) is 2. The van der Waals surface area contributed by atoms with Gasteiger partial charge >= 0.3 is 5.97 Å². The molecule has 1 saturated heterocycles. The van der Waals surface area contributed by atoms with Crippen LogP contribution in [0.3, 0.4) is 0 Å². The predicted octanol–water partition coefficient (Wildman–Crippen LogP) is 2.48. The number of para-hydroxylation sites is 1. The molecule has 2 amide bonds. The number of hydrogen-bond acceptors (Lipinski definition) is 7. The van der Waals surface area contributed by atoms with E-state index in [4.69, 9.17) is 22.1 Å². The fourth-order valence-electron chi connectivity index (χ4n) is 2.32. The van der Waals surface area contributed by atoms with Crippen molar-refractivity contribution in [2.24, 2.45) is 0 Å². The van der Waals surface area contributed by atoms with Crippen LogP contribution in [-0.4, -0.2) is 43.3 Å². The Hall–Kier alpha value is -3.24. The second-order valence-corrected chi connectivity index (χ2v) is 7.51. The Bertz CT molecular complexity index is 1010. The van der Waals surface area contributed by atoms with E-state index in [1.165, 1.54) is 31.5 Å². The van der Waals surface area contributed by atoms with Crippen molar-refractivity contribution in [3.05, 3.63) is 64.8 Å². The maximum atomic E-state index is 12.7. The monoisotopic (exact) mass is 429 g/mol. The maximum absolute atomic E-state index is 12.7. The van der Waals surface area contributed by atoms with E-state index in [0.717, 1.165) is 16.8 Å². The molecule has 0 spiro atoms. The molecule has 0 saturated carbocycles. The number of aliphatic carboxylic acids is 1. The molecule has 10 heteroatoms. The SMILES string of the molecule is CC(Oc1ccccc1/C=C1/SC(=S)N(NC(=O)c2ccncc2)C1=O)C(=O)O. The van der Waals surface area contributed by atoms with Gasteiger partial charge in [0.15, 0.2) is 10.4 Å². The molecule has 0 radical (unpaired) electrons. The Kier molecular flexibility index (Phi) is 6.25. The molecule has 1 aromatic carbocycles. The van der Waals surface area contributed by atoms with Crippen molar-refractivity contribution >= 4 is 52.2 Å². The highest BCUT2D eigenvalue weighted by Crippen LogP contribution is 2.33. The highest BCUT2D eigenvalue weighted by Gasteiger charge is 2.34. The van der Waals surface area contributed by atoms with Crippen molar-refractivity contribution < 1.29 is 24.2 Å². The smallest absolute Gasteiger partial charge is 0.344 e. The van der Waals surface area contributed by atoms with E-state index < -0.39 is 23.9 Å². The van der Waals surface area contributed by atoms with Gasteiger partial charge in [0.2, 0.25) is 0 Å². The van der Waals surface area contributed by atoms with E-state index in [1.54, 1.807) is 30.3 Å². The summed E-state index contributed by atoms with van der Waals surface area (Å²) < 4.78 is 5.61. The van der Waals surface area contributed by atoms with Gasteiger partial charge in [-0.2, -0.15) is 5.01 Å². The molecule has 2 heterocycles. The van der Waals surface area contributed by atoms with E-state index in [2.05, 4.69) is 10.4 Å². The average Bonchev–Trinajstić information content (AvgIpc) is 2.97. The largest absolute Gasteiger partial charge is 0.479 e. The lowest BCUT2D eigenvalue weighted by Gasteiger charge is -2.15. The summed E-state index contributed by atoms with van der Waals surface area (Å²) in [6.45, 7) is 1.41. The molecule has 8 nitrogen and oxygen atoms in total. The Balaban J connectivity index is 1.80. The fraction of sp³-hybridized carbons (Fsp3) is 0.105. The number of carbonyl (C=O) groups excluding carboxylic acids is 2. The van der Waals surface area contributed by atoms with Gasteiger partial charge in [0, 0.05) is 23.5 Å². The summed E-state index contributed by atoms with van der Waals surface area (Å²) in [5.74, 6) is -1.79. The molecule has 2 aromatic rings. The second kappa shape index (κ2) is 8.84. The molecule has 1 aromatic heterocycles. The number of amides is 2. The van der Waals surface area contributed by atoms with Crippen molar-refractivity contribution in [2.45, 2.75) is 13.0 Å². The third-order valence-electron chi connectivity index (χ3n) is 3.81. The zero-order valence-corrected chi connectivity index (χ0v) is 16.7. The number of aromatic nitrogens is 1. The highest BCUT2D eigenvalue weighted by atomic mass is 32.2. The molecule has 29 heavy (non-hydrogen) atoms. The number of ether oxygens (including phenoxy) is 1. The Morgan fingerprint density at radius 3 is 2.66 bits per heavy atom. The molecule has 0 aliphatic carbocycles. The van der Waals surface area contributed by atoms with Crippen molar-refractivity contribution in [3.63, 3.8) is 0 Å². The topological polar surface area (TPSA) is 109 Å². The number of carbonyl (C=O) groups is 3. The van der Waals surface area contributed by atoms with Gasteiger partial charge in [-0.05, 0) is 43.4 Å². The molecule has 3 rings (SSSR count). The van der Waals surface area contributed by atoms with Crippen molar-refractivity contribution in [1.82, 2.24) is 15.4 Å². The lowest BCUT2D eigenvalue weighted by molar-refractivity contribution is -0.144. The lowest BCUT2D eigenvalue weighted by Crippen LogP contribution is -2.44. The summed E-state index contributed by atoms with van der Waals surface area (Å²) >= 11 is 6.23. The van der Waals surface area contributed by atoms with E-state index in [9.17, 15) is 14.4 Å². The third-order valence-corrected chi connectivity index (χ3v) is 5.11. The number of pyridine rings is 1. The Morgan fingerprint density at radius 1 is 1.28 bits per heavy atom. The summed E-state index contributed by atoms with van der Waals surface area (Å²) in [5, 5.41) is 10.0. The zero-order chi connectivity index (χ0) is 21.0. The molecule has 0 bridgehead atoms.